The average molecular weight is 304 g/mol. The first-order valence-corrected chi connectivity index (χ1v) is 8.58. The minimum Gasteiger partial charge on any atom is -0.334 e. The summed E-state index contributed by atoms with van der Waals surface area (Å²) in [6, 6.07) is 6.13. The number of rotatable bonds is 2. The van der Waals surface area contributed by atoms with Crippen LogP contribution in [0, 0.1) is 0 Å². The molecule has 21 heavy (non-hydrogen) atoms. The Bertz CT molecular complexity index is 567. The topological polar surface area (TPSA) is 49.4 Å². The Morgan fingerprint density at radius 1 is 1.29 bits per heavy atom. The Kier molecular flexibility index (Phi) is 4.19. The van der Waals surface area contributed by atoms with E-state index in [-0.39, 0.29) is 6.04 Å². The van der Waals surface area contributed by atoms with E-state index in [9.17, 15) is 9.59 Å². The van der Waals surface area contributed by atoms with Crippen molar-refractivity contribution in [1.29, 1.82) is 0 Å². The van der Waals surface area contributed by atoms with E-state index in [0.29, 0.717) is 0 Å². The molecule has 1 aromatic rings. The number of nitrogens with zero attached hydrogens (tertiary/aromatic N) is 1. The minimum absolute atomic E-state index is 0.188. The van der Waals surface area contributed by atoms with Gasteiger partial charge in [-0.25, -0.2) is 0 Å². The highest BCUT2D eigenvalue weighted by molar-refractivity contribution is 7.99. The first-order valence-electron chi connectivity index (χ1n) is 7.43. The SMILES string of the molecule is CN(C(=O)C(=O)Nc1ccc2c(c1)CCC2)[C@@H]1CCSC1. The van der Waals surface area contributed by atoms with Crippen molar-refractivity contribution in [3.05, 3.63) is 29.3 Å². The predicted molar refractivity (Wildman–Crippen MR) is 85.6 cm³/mol. The number of likely N-dealkylation sites (N-methyl/N-ethyl adjacent to an activating group) is 1. The number of hydrogen-bond acceptors (Lipinski definition) is 3. The lowest BCUT2D eigenvalue weighted by Gasteiger charge is -2.23. The summed E-state index contributed by atoms with van der Waals surface area (Å²) in [6.45, 7) is 0. The minimum atomic E-state index is -0.535. The summed E-state index contributed by atoms with van der Waals surface area (Å²) in [5.41, 5.74) is 3.38. The second kappa shape index (κ2) is 6.10. The second-order valence-corrected chi connectivity index (χ2v) is 6.87. The normalized spacial score (nSPS) is 20.1. The molecule has 0 radical (unpaired) electrons. The lowest BCUT2D eigenvalue weighted by molar-refractivity contribution is -0.143. The molecule has 5 heteroatoms. The molecule has 1 fully saturated rings. The van der Waals surface area contributed by atoms with Crippen LogP contribution < -0.4 is 5.32 Å². The lowest BCUT2D eigenvalue weighted by Crippen LogP contribution is -2.43. The molecule has 1 N–H and O–H groups in total. The molecule has 1 saturated heterocycles. The monoisotopic (exact) mass is 304 g/mol. The Balaban J connectivity index is 1.64. The zero-order chi connectivity index (χ0) is 14.8. The van der Waals surface area contributed by atoms with Gasteiger partial charge in [-0.15, -0.1) is 0 Å². The maximum absolute atomic E-state index is 12.2. The van der Waals surface area contributed by atoms with Gasteiger partial charge in [0.1, 0.15) is 0 Å². The molecular formula is C16H20N2O2S. The van der Waals surface area contributed by atoms with Gasteiger partial charge in [-0.05, 0) is 54.7 Å². The number of hydrogen-bond donors (Lipinski definition) is 1. The molecule has 4 nitrogen and oxygen atoms in total. The fourth-order valence-corrected chi connectivity index (χ4v) is 4.26. The Hall–Kier alpha value is -1.49. The maximum Gasteiger partial charge on any atom is 0.313 e. The van der Waals surface area contributed by atoms with Gasteiger partial charge in [-0.2, -0.15) is 11.8 Å². The summed E-state index contributed by atoms with van der Waals surface area (Å²) in [5, 5.41) is 2.74. The van der Waals surface area contributed by atoms with Crippen molar-refractivity contribution in [3.8, 4) is 0 Å². The zero-order valence-electron chi connectivity index (χ0n) is 12.2. The van der Waals surface area contributed by atoms with Crippen LogP contribution >= 0.6 is 11.8 Å². The van der Waals surface area contributed by atoms with E-state index in [1.807, 2.05) is 23.9 Å². The van der Waals surface area contributed by atoms with Crippen LogP contribution in [-0.2, 0) is 22.4 Å². The Morgan fingerprint density at radius 3 is 2.86 bits per heavy atom. The molecule has 0 aromatic heterocycles. The molecule has 1 atom stereocenters. The number of thioether (sulfide) groups is 1. The number of fused-ring (bicyclic) bond motifs is 1. The third-order valence-electron chi connectivity index (χ3n) is 4.32. The summed E-state index contributed by atoms with van der Waals surface area (Å²) in [7, 11) is 1.72. The average Bonchev–Trinajstić information content (AvgIpc) is 3.16. The van der Waals surface area contributed by atoms with Gasteiger partial charge >= 0.3 is 11.8 Å². The van der Waals surface area contributed by atoms with E-state index in [1.165, 1.54) is 17.5 Å². The van der Waals surface area contributed by atoms with Crippen LogP contribution in [0.25, 0.3) is 0 Å². The third kappa shape index (κ3) is 3.07. The summed E-state index contributed by atoms with van der Waals surface area (Å²) >= 11 is 1.83. The van der Waals surface area contributed by atoms with Crippen molar-refractivity contribution in [3.63, 3.8) is 0 Å². The molecule has 1 heterocycles. The van der Waals surface area contributed by atoms with E-state index in [0.717, 1.165) is 36.5 Å². The number of aryl methyl sites for hydroxylation is 2. The van der Waals surface area contributed by atoms with E-state index < -0.39 is 11.8 Å². The van der Waals surface area contributed by atoms with Crippen LogP contribution in [0.15, 0.2) is 18.2 Å². The van der Waals surface area contributed by atoms with Crippen molar-refractivity contribution in [2.24, 2.45) is 0 Å². The molecular weight excluding hydrogens is 284 g/mol. The van der Waals surface area contributed by atoms with E-state index in [2.05, 4.69) is 11.4 Å². The standard InChI is InChI=1S/C16H20N2O2S/c1-18(14-7-8-21-10-14)16(20)15(19)17-13-6-5-11-3-2-4-12(11)9-13/h5-6,9,14H,2-4,7-8,10H2,1H3,(H,17,19)/t14-/m1/s1. The van der Waals surface area contributed by atoms with Crippen LogP contribution in [-0.4, -0.2) is 41.3 Å². The van der Waals surface area contributed by atoms with Gasteiger partial charge in [-0.3, -0.25) is 9.59 Å². The van der Waals surface area contributed by atoms with Crippen molar-refractivity contribution < 1.29 is 9.59 Å². The highest BCUT2D eigenvalue weighted by atomic mass is 32.2. The van der Waals surface area contributed by atoms with Crippen LogP contribution in [0.2, 0.25) is 0 Å². The number of carbonyl (C=O) groups is 2. The summed E-state index contributed by atoms with van der Waals surface area (Å²) in [5.74, 6) is 1.01. The molecule has 2 aliphatic rings. The first kappa shape index (κ1) is 14.4. The zero-order valence-corrected chi connectivity index (χ0v) is 13.0. The molecule has 112 valence electrons. The number of amides is 2. The van der Waals surface area contributed by atoms with E-state index in [4.69, 9.17) is 0 Å². The Morgan fingerprint density at radius 2 is 2.10 bits per heavy atom. The van der Waals surface area contributed by atoms with Gasteiger partial charge in [0.25, 0.3) is 0 Å². The molecule has 0 spiro atoms. The number of anilines is 1. The van der Waals surface area contributed by atoms with Crippen LogP contribution in [0.3, 0.4) is 0 Å². The molecule has 0 bridgehead atoms. The molecule has 3 rings (SSSR count). The summed E-state index contributed by atoms with van der Waals surface area (Å²) in [6.07, 6.45) is 4.32. The molecule has 1 aliphatic carbocycles. The first-order chi connectivity index (χ1) is 10.1. The molecule has 1 aliphatic heterocycles. The number of nitrogens with one attached hydrogen (secondary N) is 1. The summed E-state index contributed by atoms with van der Waals surface area (Å²) < 4.78 is 0. The van der Waals surface area contributed by atoms with Crippen LogP contribution in [0.4, 0.5) is 5.69 Å². The van der Waals surface area contributed by atoms with Crippen LogP contribution in [0.1, 0.15) is 24.0 Å². The Labute approximate surface area is 129 Å². The quantitative estimate of drug-likeness (QED) is 0.851. The molecule has 0 saturated carbocycles. The van der Waals surface area contributed by atoms with Crippen molar-refractivity contribution in [2.45, 2.75) is 31.7 Å². The number of carbonyl (C=O) groups excluding carboxylic acids is 2. The van der Waals surface area contributed by atoms with Crippen LogP contribution in [0.5, 0.6) is 0 Å². The van der Waals surface area contributed by atoms with Crippen molar-refractivity contribution in [1.82, 2.24) is 4.90 Å². The second-order valence-electron chi connectivity index (χ2n) is 5.72. The van der Waals surface area contributed by atoms with Gasteiger partial charge in [0.15, 0.2) is 0 Å². The smallest absolute Gasteiger partial charge is 0.313 e. The van der Waals surface area contributed by atoms with E-state index >= 15 is 0 Å². The van der Waals surface area contributed by atoms with Crippen molar-refractivity contribution in [2.75, 3.05) is 23.9 Å². The molecule has 0 unspecified atom stereocenters. The molecule has 1 aromatic carbocycles. The predicted octanol–water partition coefficient (Wildman–Crippen LogP) is 2.08. The fourth-order valence-electron chi connectivity index (χ4n) is 2.99. The fraction of sp³-hybridized carbons (Fsp3) is 0.500. The third-order valence-corrected chi connectivity index (χ3v) is 5.47. The van der Waals surface area contributed by atoms with Gasteiger partial charge in [0.2, 0.25) is 0 Å². The van der Waals surface area contributed by atoms with E-state index in [1.54, 1.807) is 11.9 Å². The summed E-state index contributed by atoms with van der Waals surface area (Å²) in [4.78, 5) is 25.9. The van der Waals surface area contributed by atoms with Gasteiger partial charge < -0.3 is 10.2 Å². The largest absolute Gasteiger partial charge is 0.334 e. The van der Waals surface area contributed by atoms with Gasteiger partial charge in [0.05, 0.1) is 0 Å². The molecule has 2 amide bonds. The maximum atomic E-state index is 12.2. The van der Waals surface area contributed by atoms with Gasteiger partial charge in [-0.1, -0.05) is 6.07 Å². The number of benzene rings is 1. The van der Waals surface area contributed by atoms with Crippen molar-refractivity contribution >= 4 is 29.3 Å². The highest BCUT2D eigenvalue weighted by Gasteiger charge is 2.28. The van der Waals surface area contributed by atoms with Gasteiger partial charge in [0, 0.05) is 24.5 Å². The highest BCUT2D eigenvalue weighted by Crippen LogP contribution is 2.25. The lowest BCUT2D eigenvalue weighted by atomic mass is 10.1.